The van der Waals surface area contributed by atoms with Crippen LogP contribution in [0.1, 0.15) is 11.3 Å². The van der Waals surface area contributed by atoms with Crippen molar-refractivity contribution in [1.29, 1.82) is 0 Å². The van der Waals surface area contributed by atoms with Gasteiger partial charge in [-0.05, 0) is 34.7 Å². The first kappa shape index (κ1) is 13.5. The highest BCUT2D eigenvalue weighted by molar-refractivity contribution is 8.13. The Labute approximate surface area is 130 Å². The SMILES string of the molecule is O=c1[nH]c2c(c3ccccc13)-c1ccc(S(=O)(=O)Cl)cc1C2. The fourth-order valence-corrected chi connectivity index (χ4v) is 3.87. The molecule has 0 radical (unpaired) electrons. The molecular formula is C16H10ClNO3S. The van der Waals surface area contributed by atoms with Crippen LogP contribution in [0, 0.1) is 0 Å². The van der Waals surface area contributed by atoms with Crippen molar-refractivity contribution < 1.29 is 8.42 Å². The van der Waals surface area contributed by atoms with Gasteiger partial charge in [-0.15, -0.1) is 0 Å². The lowest BCUT2D eigenvalue weighted by atomic mass is 10.0. The van der Waals surface area contributed by atoms with Crippen LogP contribution in [-0.2, 0) is 15.5 Å². The first-order valence-electron chi connectivity index (χ1n) is 6.67. The van der Waals surface area contributed by atoms with Crippen molar-refractivity contribution in [3.63, 3.8) is 0 Å². The van der Waals surface area contributed by atoms with Gasteiger partial charge < -0.3 is 4.98 Å². The van der Waals surface area contributed by atoms with E-state index in [9.17, 15) is 13.2 Å². The summed E-state index contributed by atoms with van der Waals surface area (Å²) in [5.74, 6) is 0. The number of aromatic amines is 1. The maximum absolute atomic E-state index is 12.1. The monoisotopic (exact) mass is 331 g/mol. The first-order valence-corrected chi connectivity index (χ1v) is 8.98. The van der Waals surface area contributed by atoms with E-state index in [0.29, 0.717) is 11.8 Å². The molecule has 0 fully saturated rings. The fraction of sp³-hybridized carbons (Fsp3) is 0.0625. The van der Waals surface area contributed by atoms with Crippen LogP contribution in [0.25, 0.3) is 21.9 Å². The molecule has 0 aliphatic heterocycles. The van der Waals surface area contributed by atoms with Gasteiger partial charge in [0.2, 0.25) is 0 Å². The van der Waals surface area contributed by atoms with Gasteiger partial charge in [-0.3, -0.25) is 4.79 Å². The average Bonchev–Trinajstić information content (AvgIpc) is 2.83. The van der Waals surface area contributed by atoms with Gasteiger partial charge in [-0.2, -0.15) is 0 Å². The van der Waals surface area contributed by atoms with E-state index in [1.54, 1.807) is 18.2 Å². The van der Waals surface area contributed by atoms with Gasteiger partial charge >= 0.3 is 0 Å². The Bertz CT molecular complexity index is 1100. The lowest BCUT2D eigenvalue weighted by Gasteiger charge is -2.06. The topological polar surface area (TPSA) is 67.0 Å². The van der Waals surface area contributed by atoms with Gasteiger partial charge in [0.1, 0.15) is 0 Å². The van der Waals surface area contributed by atoms with Crippen LogP contribution in [0.3, 0.4) is 0 Å². The van der Waals surface area contributed by atoms with Crippen molar-refractivity contribution in [2.45, 2.75) is 11.3 Å². The summed E-state index contributed by atoms with van der Waals surface area (Å²) in [4.78, 5) is 15.1. The number of halogens is 1. The Morgan fingerprint density at radius 1 is 1.05 bits per heavy atom. The molecule has 0 unspecified atom stereocenters. The van der Waals surface area contributed by atoms with Crippen LogP contribution >= 0.6 is 10.7 Å². The molecule has 0 amide bonds. The predicted molar refractivity (Wildman–Crippen MR) is 85.8 cm³/mol. The van der Waals surface area contributed by atoms with Crippen LogP contribution in [0.15, 0.2) is 52.2 Å². The molecule has 2 aromatic carbocycles. The predicted octanol–water partition coefficient (Wildman–Crippen LogP) is 3.03. The quantitative estimate of drug-likeness (QED) is 0.545. The van der Waals surface area contributed by atoms with Crippen LogP contribution in [-0.4, -0.2) is 13.4 Å². The van der Waals surface area contributed by atoms with E-state index in [1.807, 2.05) is 18.2 Å². The van der Waals surface area contributed by atoms with Crippen molar-refractivity contribution in [3.8, 4) is 11.1 Å². The van der Waals surface area contributed by atoms with Crippen molar-refractivity contribution >= 4 is 30.5 Å². The number of nitrogens with one attached hydrogen (secondary N) is 1. The minimum Gasteiger partial charge on any atom is -0.325 e. The molecule has 0 spiro atoms. The lowest BCUT2D eigenvalue weighted by Crippen LogP contribution is -2.09. The number of benzene rings is 2. The molecule has 1 aromatic heterocycles. The number of hydrogen-bond donors (Lipinski definition) is 1. The molecule has 0 bridgehead atoms. The molecule has 1 N–H and O–H groups in total. The van der Waals surface area contributed by atoms with Gasteiger partial charge in [0.05, 0.1) is 4.90 Å². The molecule has 4 nitrogen and oxygen atoms in total. The van der Waals surface area contributed by atoms with Crippen molar-refractivity contribution in [1.82, 2.24) is 4.98 Å². The molecule has 0 saturated carbocycles. The van der Waals surface area contributed by atoms with Crippen molar-refractivity contribution in [2.24, 2.45) is 0 Å². The van der Waals surface area contributed by atoms with Gasteiger partial charge in [-0.25, -0.2) is 8.42 Å². The summed E-state index contributed by atoms with van der Waals surface area (Å²) in [5, 5.41) is 1.50. The molecule has 22 heavy (non-hydrogen) atoms. The van der Waals surface area contributed by atoms with E-state index < -0.39 is 9.05 Å². The maximum atomic E-state index is 12.1. The van der Waals surface area contributed by atoms with E-state index in [0.717, 1.165) is 27.8 Å². The van der Waals surface area contributed by atoms with E-state index >= 15 is 0 Å². The van der Waals surface area contributed by atoms with Gasteiger partial charge in [0, 0.05) is 33.7 Å². The Balaban J connectivity index is 2.06. The summed E-state index contributed by atoms with van der Waals surface area (Å²) < 4.78 is 23.0. The minimum absolute atomic E-state index is 0.0763. The third-order valence-corrected chi connectivity index (χ3v) is 5.35. The van der Waals surface area contributed by atoms with Gasteiger partial charge in [-0.1, -0.05) is 24.3 Å². The fourth-order valence-electron chi connectivity index (χ4n) is 3.07. The second kappa shape index (κ2) is 4.44. The number of H-pyrrole nitrogens is 1. The highest BCUT2D eigenvalue weighted by Gasteiger charge is 2.24. The van der Waals surface area contributed by atoms with E-state index in [-0.39, 0.29) is 10.5 Å². The molecule has 1 aliphatic rings. The number of fused-ring (bicyclic) bond motifs is 5. The summed E-state index contributed by atoms with van der Waals surface area (Å²) in [6.07, 6.45) is 0.491. The number of aromatic nitrogens is 1. The van der Waals surface area contributed by atoms with Crippen molar-refractivity contribution in [3.05, 3.63) is 64.1 Å². The number of hydrogen-bond acceptors (Lipinski definition) is 3. The standard InChI is InChI=1S/C16H10ClNO3S/c17-22(20,21)10-5-6-11-9(7-10)8-14-15(11)12-3-1-2-4-13(12)16(19)18-14/h1-7H,8H2,(H,18,19). The molecule has 6 heteroatoms. The molecule has 0 atom stereocenters. The minimum atomic E-state index is -3.76. The number of pyridine rings is 1. The molecular weight excluding hydrogens is 322 g/mol. The summed E-state index contributed by atoms with van der Waals surface area (Å²) in [6.45, 7) is 0. The summed E-state index contributed by atoms with van der Waals surface area (Å²) >= 11 is 0. The second-order valence-corrected chi connectivity index (χ2v) is 7.85. The van der Waals surface area contributed by atoms with E-state index in [2.05, 4.69) is 4.98 Å². The zero-order valence-corrected chi connectivity index (χ0v) is 12.8. The third-order valence-electron chi connectivity index (χ3n) is 4.00. The van der Waals surface area contributed by atoms with Gasteiger partial charge in [0.25, 0.3) is 14.6 Å². The van der Waals surface area contributed by atoms with E-state index in [1.165, 1.54) is 6.07 Å². The Hall–Kier alpha value is -2.11. The number of rotatable bonds is 1. The van der Waals surface area contributed by atoms with Crippen LogP contribution in [0.4, 0.5) is 0 Å². The zero-order valence-electron chi connectivity index (χ0n) is 11.3. The Morgan fingerprint density at radius 2 is 1.77 bits per heavy atom. The van der Waals surface area contributed by atoms with E-state index in [4.69, 9.17) is 10.7 Å². The molecule has 110 valence electrons. The maximum Gasteiger partial charge on any atom is 0.261 e. The van der Waals surface area contributed by atoms with Crippen LogP contribution in [0.2, 0.25) is 0 Å². The highest BCUT2D eigenvalue weighted by atomic mass is 35.7. The molecule has 0 saturated heterocycles. The van der Waals surface area contributed by atoms with Crippen LogP contribution < -0.4 is 5.56 Å². The summed E-state index contributed by atoms with van der Waals surface area (Å²) in [5.41, 5.74) is 3.43. The second-order valence-electron chi connectivity index (χ2n) is 5.29. The largest absolute Gasteiger partial charge is 0.325 e. The smallest absolute Gasteiger partial charge is 0.261 e. The average molecular weight is 332 g/mol. The summed E-state index contributed by atoms with van der Waals surface area (Å²) in [6, 6.07) is 12.2. The van der Waals surface area contributed by atoms with Gasteiger partial charge in [0.15, 0.2) is 0 Å². The zero-order chi connectivity index (χ0) is 15.5. The third kappa shape index (κ3) is 1.90. The molecule has 4 rings (SSSR count). The normalized spacial score (nSPS) is 13.1. The molecule has 1 aliphatic carbocycles. The Morgan fingerprint density at radius 3 is 2.50 bits per heavy atom. The molecule has 3 aromatic rings. The summed E-state index contributed by atoms with van der Waals surface area (Å²) in [7, 11) is 1.64. The first-order chi connectivity index (χ1) is 10.4. The Kier molecular flexibility index (Phi) is 2.74. The lowest BCUT2D eigenvalue weighted by molar-refractivity contribution is 0.609. The molecule has 1 heterocycles. The highest BCUT2D eigenvalue weighted by Crippen LogP contribution is 2.40. The van der Waals surface area contributed by atoms with Crippen LogP contribution in [0.5, 0.6) is 0 Å². The van der Waals surface area contributed by atoms with Crippen molar-refractivity contribution in [2.75, 3.05) is 0 Å².